The first kappa shape index (κ1) is 7.06. The molecular weight excluding hydrogens is 128 g/mol. The summed E-state index contributed by atoms with van der Waals surface area (Å²) < 4.78 is 5.07. The van der Waals surface area contributed by atoms with Crippen LogP contribution >= 0.6 is 0 Å². The molecule has 0 fully saturated rings. The predicted molar refractivity (Wildman–Crippen MR) is 36.8 cm³/mol. The third kappa shape index (κ3) is 1.10. The highest BCUT2D eigenvalue weighted by Gasteiger charge is 2.07. The van der Waals surface area contributed by atoms with Crippen molar-refractivity contribution in [3.8, 4) is 0 Å². The van der Waals surface area contributed by atoms with Crippen LogP contribution in [-0.2, 0) is 0 Å². The number of ketones is 1. The van der Waals surface area contributed by atoms with Gasteiger partial charge in [0.15, 0.2) is 5.78 Å². The Labute approximate surface area is 59.8 Å². The highest BCUT2D eigenvalue weighted by Crippen LogP contribution is 2.13. The van der Waals surface area contributed by atoms with Gasteiger partial charge in [0, 0.05) is 6.92 Å². The maximum absolute atomic E-state index is 10.6. The fraction of sp³-hybridized carbons (Fsp3) is 0.250. The second-order valence-electron chi connectivity index (χ2n) is 2.19. The molecule has 2 radical (unpaired) electrons. The van der Waals surface area contributed by atoms with Crippen molar-refractivity contribution in [2.24, 2.45) is 0 Å². The fourth-order valence-corrected chi connectivity index (χ4v) is 0.875. The quantitative estimate of drug-likeness (QED) is 0.551. The molecule has 1 heterocycles. The first-order valence-corrected chi connectivity index (χ1v) is 2.98. The van der Waals surface area contributed by atoms with E-state index >= 15 is 0 Å². The lowest BCUT2D eigenvalue weighted by atomic mass is 10.2. The van der Waals surface area contributed by atoms with Gasteiger partial charge in [0.05, 0.1) is 5.56 Å². The molecule has 0 amide bonds. The minimum absolute atomic E-state index is 0.436. The van der Waals surface area contributed by atoms with Gasteiger partial charge in [0.1, 0.15) is 11.5 Å². The van der Waals surface area contributed by atoms with Gasteiger partial charge in [-0.05, 0) is 19.9 Å². The largest absolute Gasteiger partial charge is 0.466 e. The van der Waals surface area contributed by atoms with Crippen molar-refractivity contribution in [2.75, 3.05) is 0 Å². The van der Waals surface area contributed by atoms with Gasteiger partial charge in [-0.1, -0.05) is 0 Å². The summed E-state index contributed by atoms with van der Waals surface area (Å²) in [5.41, 5.74) is 0.470. The van der Waals surface area contributed by atoms with Gasteiger partial charge in [0.25, 0.3) is 0 Å². The van der Waals surface area contributed by atoms with Crippen molar-refractivity contribution in [2.45, 2.75) is 13.8 Å². The molecule has 0 spiro atoms. The Kier molecular flexibility index (Phi) is 1.62. The molecule has 0 aromatic carbocycles. The highest BCUT2D eigenvalue weighted by atomic mass is 16.3. The molecule has 0 saturated heterocycles. The van der Waals surface area contributed by atoms with E-state index in [1.807, 2.05) is 0 Å². The smallest absolute Gasteiger partial charge is 0.170 e. The van der Waals surface area contributed by atoms with Crippen LogP contribution in [0.1, 0.15) is 21.9 Å². The molecule has 0 aliphatic carbocycles. The van der Waals surface area contributed by atoms with E-state index in [0.717, 1.165) is 0 Å². The van der Waals surface area contributed by atoms with Gasteiger partial charge in [-0.25, -0.2) is 0 Å². The van der Waals surface area contributed by atoms with Gasteiger partial charge >= 0.3 is 0 Å². The van der Waals surface area contributed by atoms with Gasteiger partial charge in [-0.3, -0.25) is 4.79 Å². The lowest BCUT2D eigenvalue weighted by Gasteiger charge is -1.86. The van der Waals surface area contributed by atoms with Crippen molar-refractivity contribution in [1.82, 2.24) is 0 Å². The number of rotatable bonds is 1. The summed E-state index contributed by atoms with van der Waals surface area (Å²) in [6.07, 6.45) is 0. The number of furan rings is 1. The van der Waals surface area contributed by atoms with E-state index in [1.54, 1.807) is 19.9 Å². The molecule has 2 heteroatoms. The molecule has 1 rings (SSSR count). The Morgan fingerprint density at radius 1 is 1.60 bits per heavy atom. The highest BCUT2D eigenvalue weighted by molar-refractivity contribution is 6.00. The molecule has 1 aromatic rings. The molecule has 0 atom stereocenters. The van der Waals surface area contributed by atoms with E-state index in [-0.39, 0.29) is 0 Å². The van der Waals surface area contributed by atoms with Crippen LogP contribution in [0.15, 0.2) is 10.5 Å². The summed E-state index contributed by atoms with van der Waals surface area (Å²) in [6, 6.07) is 1.64. The monoisotopic (exact) mass is 136 g/mol. The summed E-state index contributed by atoms with van der Waals surface area (Å²) in [5, 5.41) is 0. The molecule has 2 nitrogen and oxygen atoms in total. The van der Waals surface area contributed by atoms with Crippen molar-refractivity contribution >= 4 is 5.78 Å². The number of aryl methyl sites for hydroxylation is 2. The van der Waals surface area contributed by atoms with Gasteiger partial charge in [0.2, 0.25) is 0 Å². The summed E-state index contributed by atoms with van der Waals surface area (Å²) in [7, 11) is 0. The number of hydrogen-bond donors (Lipinski definition) is 0. The minimum atomic E-state index is -0.436. The Balaban J connectivity index is 3.15. The second-order valence-corrected chi connectivity index (χ2v) is 2.19. The zero-order valence-electron chi connectivity index (χ0n) is 5.97. The molecule has 1 aromatic heterocycles. The van der Waals surface area contributed by atoms with Gasteiger partial charge < -0.3 is 4.42 Å². The predicted octanol–water partition coefficient (Wildman–Crippen LogP) is 1.79. The number of Topliss-reactive ketones (excluding diaryl/α,β-unsaturated/α-hetero) is 1. The molecule has 0 N–H and O–H groups in total. The molecule has 0 bridgehead atoms. The average Bonchev–Trinajstić information content (AvgIpc) is 2.10. The first-order valence-electron chi connectivity index (χ1n) is 2.98. The van der Waals surface area contributed by atoms with Crippen LogP contribution in [0.5, 0.6) is 0 Å². The third-order valence-electron chi connectivity index (χ3n) is 1.31. The van der Waals surface area contributed by atoms with E-state index in [9.17, 15) is 4.79 Å². The average molecular weight is 136 g/mol. The van der Waals surface area contributed by atoms with Crippen LogP contribution in [-0.4, -0.2) is 5.78 Å². The van der Waals surface area contributed by atoms with Crippen LogP contribution in [0.4, 0.5) is 0 Å². The lowest BCUT2D eigenvalue weighted by molar-refractivity contribution is 0.104. The molecule has 52 valence electrons. The van der Waals surface area contributed by atoms with Crippen LogP contribution in [0, 0.1) is 20.8 Å². The van der Waals surface area contributed by atoms with E-state index in [1.165, 1.54) is 0 Å². The lowest BCUT2D eigenvalue weighted by Crippen LogP contribution is -1.90. The Hall–Kier alpha value is -1.05. The Bertz CT molecular complexity index is 258. The van der Waals surface area contributed by atoms with Crippen molar-refractivity contribution in [3.63, 3.8) is 0 Å². The summed E-state index contributed by atoms with van der Waals surface area (Å²) in [5.74, 6) is 0.866. The van der Waals surface area contributed by atoms with Crippen molar-refractivity contribution in [3.05, 3.63) is 30.1 Å². The van der Waals surface area contributed by atoms with E-state index < -0.39 is 5.78 Å². The summed E-state index contributed by atoms with van der Waals surface area (Å²) >= 11 is 0. The maximum atomic E-state index is 10.6. The SMILES string of the molecule is [CH]C(=O)c1cc(C)oc1C. The van der Waals surface area contributed by atoms with E-state index in [0.29, 0.717) is 17.1 Å². The van der Waals surface area contributed by atoms with Crippen LogP contribution in [0.3, 0.4) is 0 Å². The Morgan fingerprint density at radius 3 is 2.40 bits per heavy atom. The zero-order chi connectivity index (χ0) is 7.72. The molecule has 0 aliphatic heterocycles. The second kappa shape index (κ2) is 2.29. The molecule has 0 saturated carbocycles. The third-order valence-corrected chi connectivity index (χ3v) is 1.31. The Morgan fingerprint density at radius 2 is 2.20 bits per heavy atom. The fourth-order valence-electron chi connectivity index (χ4n) is 0.875. The zero-order valence-corrected chi connectivity index (χ0v) is 5.97. The first-order chi connectivity index (χ1) is 4.61. The normalized spacial score (nSPS) is 9.90. The van der Waals surface area contributed by atoms with Crippen LogP contribution in [0.25, 0.3) is 0 Å². The molecule has 0 unspecified atom stereocenters. The van der Waals surface area contributed by atoms with Crippen molar-refractivity contribution < 1.29 is 9.21 Å². The number of carbonyl (C=O) groups is 1. The van der Waals surface area contributed by atoms with Gasteiger partial charge in [-0.2, -0.15) is 0 Å². The topological polar surface area (TPSA) is 30.2 Å². The van der Waals surface area contributed by atoms with E-state index in [2.05, 4.69) is 0 Å². The molecule has 10 heavy (non-hydrogen) atoms. The number of hydrogen-bond acceptors (Lipinski definition) is 2. The summed E-state index contributed by atoms with van der Waals surface area (Å²) in [6.45, 7) is 8.52. The molecular formula is C8H8O2. The van der Waals surface area contributed by atoms with Gasteiger partial charge in [-0.15, -0.1) is 0 Å². The van der Waals surface area contributed by atoms with Crippen LogP contribution in [0.2, 0.25) is 0 Å². The standard InChI is InChI=1S/C8H8O2/c1-5-4-8(6(2)9)7(3)10-5/h2,4H,1,3H3. The maximum Gasteiger partial charge on any atom is 0.170 e. The minimum Gasteiger partial charge on any atom is -0.466 e. The number of carbonyl (C=O) groups excluding carboxylic acids is 1. The molecule has 0 aliphatic rings. The van der Waals surface area contributed by atoms with E-state index in [4.69, 9.17) is 11.3 Å². The van der Waals surface area contributed by atoms with Crippen LogP contribution < -0.4 is 0 Å². The summed E-state index contributed by atoms with van der Waals surface area (Å²) in [4.78, 5) is 10.6. The van der Waals surface area contributed by atoms with Crippen molar-refractivity contribution in [1.29, 1.82) is 0 Å².